The van der Waals surface area contributed by atoms with Crippen molar-refractivity contribution in [3.8, 4) is 0 Å². The second-order valence-corrected chi connectivity index (χ2v) is 5.12. The van der Waals surface area contributed by atoms with Crippen LogP contribution in [0, 0.1) is 0 Å². The van der Waals surface area contributed by atoms with Gasteiger partial charge in [-0.1, -0.05) is 31.2 Å². The van der Waals surface area contributed by atoms with Gasteiger partial charge in [0.25, 0.3) is 0 Å². The van der Waals surface area contributed by atoms with Crippen LogP contribution >= 0.6 is 0 Å². The fraction of sp³-hybridized carbons (Fsp3) is 0.500. The van der Waals surface area contributed by atoms with E-state index in [1.807, 2.05) is 19.1 Å². The van der Waals surface area contributed by atoms with Crippen LogP contribution in [0.15, 0.2) is 24.3 Å². The minimum atomic E-state index is -0.755. The number of nitrogens with two attached hydrogens (primary N) is 1. The van der Waals surface area contributed by atoms with E-state index in [1.165, 1.54) is 11.1 Å². The Labute approximate surface area is 102 Å². The summed E-state index contributed by atoms with van der Waals surface area (Å²) in [6.45, 7) is 3.72. The lowest BCUT2D eigenvalue weighted by molar-refractivity contribution is -0.126. The van der Waals surface area contributed by atoms with Gasteiger partial charge in [0.15, 0.2) is 0 Å². The topological polar surface area (TPSA) is 55.1 Å². The van der Waals surface area contributed by atoms with Gasteiger partial charge < -0.3 is 11.1 Å². The van der Waals surface area contributed by atoms with Crippen LogP contribution in [0.4, 0.5) is 0 Å². The summed E-state index contributed by atoms with van der Waals surface area (Å²) in [6, 6.07) is 8.55. The van der Waals surface area contributed by atoms with Gasteiger partial charge in [0.1, 0.15) is 0 Å². The lowest BCUT2D eigenvalue weighted by atomic mass is 9.99. The van der Waals surface area contributed by atoms with Gasteiger partial charge in [0.05, 0.1) is 5.54 Å². The van der Waals surface area contributed by atoms with E-state index < -0.39 is 5.54 Å². The second-order valence-electron chi connectivity index (χ2n) is 5.12. The molecule has 2 rings (SSSR count). The zero-order valence-electron chi connectivity index (χ0n) is 10.5. The lowest BCUT2D eigenvalue weighted by Crippen LogP contribution is -2.54. The number of hydrogen-bond donors (Lipinski definition) is 2. The summed E-state index contributed by atoms with van der Waals surface area (Å²) in [5.41, 5.74) is 7.86. The molecule has 3 N–H and O–H groups in total. The summed E-state index contributed by atoms with van der Waals surface area (Å²) in [7, 11) is 0. The molecule has 0 aromatic heterocycles. The maximum atomic E-state index is 12.0. The molecule has 0 saturated heterocycles. The highest BCUT2D eigenvalue weighted by Crippen LogP contribution is 2.22. The molecule has 1 amide bonds. The molecule has 92 valence electrons. The van der Waals surface area contributed by atoms with E-state index in [-0.39, 0.29) is 11.9 Å². The largest absolute Gasteiger partial charge is 0.351 e. The van der Waals surface area contributed by atoms with Crippen molar-refractivity contribution in [2.24, 2.45) is 5.73 Å². The minimum Gasteiger partial charge on any atom is -0.351 e. The third-order valence-corrected chi connectivity index (χ3v) is 3.64. The first-order chi connectivity index (χ1) is 8.03. The van der Waals surface area contributed by atoms with Crippen LogP contribution in [-0.4, -0.2) is 17.5 Å². The van der Waals surface area contributed by atoms with Gasteiger partial charge in [-0.15, -0.1) is 0 Å². The lowest BCUT2D eigenvalue weighted by Gasteiger charge is -2.24. The predicted octanol–water partition coefficient (Wildman–Crippen LogP) is 1.40. The smallest absolute Gasteiger partial charge is 0.240 e. The molecule has 1 aromatic rings. The molecule has 1 atom stereocenters. The van der Waals surface area contributed by atoms with Gasteiger partial charge >= 0.3 is 0 Å². The maximum absolute atomic E-state index is 12.0. The Morgan fingerprint density at radius 2 is 1.94 bits per heavy atom. The molecule has 0 aliphatic heterocycles. The van der Waals surface area contributed by atoms with Gasteiger partial charge in [-0.05, 0) is 37.3 Å². The van der Waals surface area contributed by atoms with Gasteiger partial charge in [-0.25, -0.2) is 0 Å². The van der Waals surface area contributed by atoms with Crippen molar-refractivity contribution in [1.29, 1.82) is 0 Å². The summed E-state index contributed by atoms with van der Waals surface area (Å²) >= 11 is 0. The number of hydrogen-bond acceptors (Lipinski definition) is 2. The van der Waals surface area contributed by atoms with Crippen LogP contribution < -0.4 is 11.1 Å². The van der Waals surface area contributed by atoms with Crippen molar-refractivity contribution in [1.82, 2.24) is 5.32 Å². The van der Waals surface area contributed by atoms with Gasteiger partial charge in [-0.3, -0.25) is 4.79 Å². The van der Waals surface area contributed by atoms with Crippen molar-refractivity contribution in [2.45, 2.75) is 44.7 Å². The SMILES string of the molecule is CCC(C)(N)C(=O)NC1Cc2ccccc2C1. The zero-order valence-corrected chi connectivity index (χ0v) is 10.5. The number of nitrogens with one attached hydrogen (secondary N) is 1. The van der Waals surface area contributed by atoms with E-state index in [0.29, 0.717) is 6.42 Å². The molecule has 3 nitrogen and oxygen atoms in total. The molecule has 1 aliphatic carbocycles. The third kappa shape index (κ3) is 2.50. The molecule has 17 heavy (non-hydrogen) atoms. The van der Waals surface area contributed by atoms with Crippen molar-refractivity contribution in [2.75, 3.05) is 0 Å². The Kier molecular flexibility index (Phi) is 3.20. The number of benzene rings is 1. The Morgan fingerprint density at radius 1 is 1.41 bits per heavy atom. The van der Waals surface area contributed by atoms with Crippen molar-refractivity contribution >= 4 is 5.91 Å². The number of carbonyl (C=O) groups excluding carboxylic acids is 1. The molecule has 0 bridgehead atoms. The molecule has 0 fully saturated rings. The molecular formula is C14H20N2O. The van der Waals surface area contributed by atoms with Crippen LogP contribution in [0.25, 0.3) is 0 Å². The molecule has 1 aromatic carbocycles. The quantitative estimate of drug-likeness (QED) is 0.827. The van der Waals surface area contributed by atoms with Crippen molar-refractivity contribution in [3.63, 3.8) is 0 Å². The number of fused-ring (bicyclic) bond motifs is 1. The molecule has 1 unspecified atom stereocenters. The van der Waals surface area contributed by atoms with E-state index in [0.717, 1.165) is 12.8 Å². The Bertz CT molecular complexity index is 401. The molecule has 0 heterocycles. The first-order valence-electron chi connectivity index (χ1n) is 6.19. The maximum Gasteiger partial charge on any atom is 0.240 e. The molecular weight excluding hydrogens is 212 g/mol. The third-order valence-electron chi connectivity index (χ3n) is 3.64. The van der Waals surface area contributed by atoms with Crippen LogP contribution in [0.3, 0.4) is 0 Å². The van der Waals surface area contributed by atoms with Crippen LogP contribution in [-0.2, 0) is 17.6 Å². The first kappa shape index (κ1) is 12.1. The molecule has 0 radical (unpaired) electrons. The molecule has 0 spiro atoms. The molecule has 3 heteroatoms. The summed E-state index contributed by atoms with van der Waals surface area (Å²) in [4.78, 5) is 12.0. The van der Waals surface area contributed by atoms with Gasteiger partial charge in [0.2, 0.25) is 5.91 Å². The highest BCUT2D eigenvalue weighted by atomic mass is 16.2. The Balaban J connectivity index is 1.99. The standard InChI is InChI=1S/C14H20N2O/c1-3-14(2,15)13(17)16-12-8-10-6-4-5-7-11(10)9-12/h4-7,12H,3,8-9,15H2,1-2H3,(H,16,17). The van der Waals surface area contributed by atoms with Gasteiger partial charge in [-0.2, -0.15) is 0 Å². The monoisotopic (exact) mass is 232 g/mol. The number of rotatable bonds is 3. The average molecular weight is 232 g/mol. The number of carbonyl (C=O) groups is 1. The minimum absolute atomic E-state index is 0.0437. The highest BCUT2D eigenvalue weighted by molar-refractivity contribution is 5.85. The molecule has 0 saturated carbocycles. The van der Waals surface area contributed by atoms with Crippen LogP contribution in [0.5, 0.6) is 0 Å². The normalized spacial score (nSPS) is 18.5. The van der Waals surface area contributed by atoms with Crippen LogP contribution in [0.1, 0.15) is 31.4 Å². The molecule has 1 aliphatic rings. The average Bonchev–Trinajstić information content (AvgIpc) is 2.70. The first-order valence-corrected chi connectivity index (χ1v) is 6.19. The van der Waals surface area contributed by atoms with E-state index >= 15 is 0 Å². The number of amides is 1. The second kappa shape index (κ2) is 4.49. The summed E-state index contributed by atoms with van der Waals surface area (Å²) in [5, 5.41) is 3.05. The Morgan fingerprint density at radius 3 is 2.41 bits per heavy atom. The summed E-state index contributed by atoms with van der Waals surface area (Å²) < 4.78 is 0. The van der Waals surface area contributed by atoms with E-state index in [4.69, 9.17) is 5.73 Å². The van der Waals surface area contributed by atoms with E-state index in [9.17, 15) is 4.79 Å². The predicted molar refractivity (Wildman–Crippen MR) is 68.7 cm³/mol. The highest BCUT2D eigenvalue weighted by Gasteiger charge is 2.30. The van der Waals surface area contributed by atoms with Gasteiger partial charge in [0, 0.05) is 6.04 Å². The summed E-state index contributed by atoms with van der Waals surface area (Å²) in [6.07, 6.45) is 2.49. The van der Waals surface area contributed by atoms with Crippen molar-refractivity contribution in [3.05, 3.63) is 35.4 Å². The Hall–Kier alpha value is -1.35. The fourth-order valence-corrected chi connectivity index (χ4v) is 2.17. The van der Waals surface area contributed by atoms with E-state index in [1.54, 1.807) is 6.92 Å². The van der Waals surface area contributed by atoms with E-state index in [2.05, 4.69) is 17.4 Å². The van der Waals surface area contributed by atoms with Crippen molar-refractivity contribution < 1.29 is 4.79 Å². The zero-order chi connectivity index (χ0) is 12.5. The summed E-state index contributed by atoms with van der Waals surface area (Å²) in [5.74, 6) is -0.0437. The fourth-order valence-electron chi connectivity index (χ4n) is 2.17. The van der Waals surface area contributed by atoms with Crippen LogP contribution in [0.2, 0.25) is 0 Å².